The fraction of sp³-hybridized carbons (Fsp3) is 0.200. The topological polar surface area (TPSA) is 51.2 Å². The van der Waals surface area contributed by atoms with Crippen LogP contribution in [0.2, 0.25) is 0 Å². The van der Waals surface area contributed by atoms with Crippen molar-refractivity contribution in [2.45, 2.75) is 25.7 Å². The molecule has 0 fully saturated rings. The summed E-state index contributed by atoms with van der Waals surface area (Å²) in [5.74, 6) is 0.558. The van der Waals surface area contributed by atoms with Crippen molar-refractivity contribution in [3.05, 3.63) is 88.4 Å². The highest BCUT2D eigenvalue weighted by molar-refractivity contribution is 7.15. The predicted molar refractivity (Wildman–Crippen MR) is 121 cm³/mol. The van der Waals surface area contributed by atoms with Crippen molar-refractivity contribution in [3.8, 4) is 5.75 Å². The molecule has 1 aliphatic carbocycles. The molecule has 0 bridgehead atoms. The molecule has 0 atom stereocenters. The number of ether oxygens (including phenoxy) is 1. The van der Waals surface area contributed by atoms with Gasteiger partial charge in [0.05, 0.1) is 0 Å². The van der Waals surface area contributed by atoms with E-state index in [2.05, 4.69) is 64.9 Å². The Balaban J connectivity index is 1.20. The molecule has 1 aromatic heterocycles. The third-order valence-corrected chi connectivity index (χ3v) is 6.40. The lowest BCUT2D eigenvalue weighted by atomic mass is 10.0. The van der Waals surface area contributed by atoms with Gasteiger partial charge in [-0.2, -0.15) is 0 Å². The molecule has 1 amide bonds. The van der Waals surface area contributed by atoms with E-state index in [1.165, 1.54) is 45.2 Å². The van der Waals surface area contributed by atoms with Crippen LogP contribution < -0.4 is 10.1 Å². The smallest absolute Gasteiger partial charge is 0.264 e. The fourth-order valence-corrected chi connectivity index (χ4v) is 4.88. The number of hydrogen-bond acceptors (Lipinski definition) is 4. The highest BCUT2D eigenvalue weighted by atomic mass is 32.1. The van der Waals surface area contributed by atoms with Gasteiger partial charge in [-0.1, -0.05) is 48.5 Å². The lowest BCUT2D eigenvalue weighted by Gasteiger charge is -2.07. The SMILES string of the molecule is O=C(COc1ccc2c(c1)CCC2)Nc1ncc(Cc2cccc3ccccc23)s1. The van der Waals surface area contributed by atoms with Gasteiger partial charge in [-0.05, 0) is 58.9 Å². The van der Waals surface area contributed by atoms with Crippen LogP contribution in [0.3, 0.4) is 0 Å². The molecule has 3 aromatic carbocycles. The minimum Gasteiger partial charge on any atom is -0.484 e. The van der Waals surface area contributed by atoms with Crippen molar-refractivity contribution in [1.82, 2.24) is 4.98 Å². The monoisotopic (exact) mass is 414 g/mol. The molecule has 0 spiro atoms. The molecule has 0 saturated carbocycles. The molecular weight excluding hydrogens is 392 g/mol. The van der Waals surface area contributed by atoms with Crippen LogP contribution in [-0.4, -0.2) is 17.5 Å². The quantitative estimate of drug-likeness (QED) is 0.460. The Morgan fingerprint density at radius 3 is 2.87 bits per heavy atom. The van der Waals surface area contributed by atoms with Crippen molar-refractivity contribution >= 4 is 33.1 Å². The molecule has 1 heterocycles. The molecule has 1 aliphatic rings. The third-order valence-electron chi connectivity index (χ3n) is 5.48. The standard InChI is InChI=1S/C25H22N2O2S/c28-24(16-29-21-12-11-17-6-3-8-19(17)13-21)27-25-26-15-22(30-25)14-20-9-4-7-18-5-1-2-10-23(18)20/h1-2,4-5,7,9-13,15H,3,6,8,14,16H2,(H,26,27,28). The van der Waals surface area contributed by atoms with E-state index in [4.69, 9.17) is 4.74 Å². The number of carbonyl (C=O) groups is 1. The Kier molecular flexibility index (Phi) is 5.20. The fourth-order valence-electron chi connectivity index (χ4n) is 4.02. The number of aromatic nitrogens is 1. The van der Waals surface area contributed by atoms with Gasteiger partial charge in [0.25, 0.3) is 5.91 Å². The normalized spacial score (nSPS) is 12.7. The summed E-state index contributed by atoms with van der Waals surface area (Å²) in [6.07, 6.45) is 6.06. The summed E-state index contributed by atoms with van der Waals surface area (Å²) in [6, 6.07) is 20.8. The van der Waals surface area contributed by atoms with E-state index in [1.807, 2.05) is 12.3 Å². The summed E-state index contributed by atoms with van der Waals surface area (Å²) in [4.78, 5) is 17.8. The molecule has 0 aliphatic heterocycles. The van der Waals surface area contributed by atoms with Crippen molar-refractivity contribution in [2.24, 2.45) is 0 Å². The second kappa shape index (κ2) is 8.28. The van der Waals surface area contributed by atoms with Gasteiger partial charge in [-0.25, -0.2) is 4.98 Å². The van der Waals surface area contributed by atoms with Gasteiger partial charge in [-0.15, -0.1) is 11.3 Å². The number of nitrogens with one attached hydrogen (secondary N) is 1. The zero-order valence-corrected chi connectivity index (χ0v) is 17.4. The second-order valence-electron chi connectivity index (χ2n) is 7.57. The number of hydrogen-bond donors (Lipinski definition) is 1. The number of nitrogens with zero attached hydrogens (tertiary/aromatic N) is 1. The lowest BCUT2D eigenvalue weighted by molar-refractivity contribution is -0.118. The van der Waals surface area contributed by atoms with Crippen molar-refractivity contribution < 1.29 is 9.53 Å². The number of thiazole rings is 1. The van der Waals surface area contributed by atoms with Gasteiger partial charge < -0.3 is 4.74 Å². The van der Waals surface area contributed by atoms with Gasteiger partial charge in [0.15, 0.2) is 11.7 Å². The molecule has 1 N–H and O–H groups in total. The first-order chi connectivity index (χ1) is 14.7. The summed E-state index contributed by atoms with van der Waals surface area (Å²) >= 11 is 1.50. The maximum atomic E-state index is 12.3. The van der Waals surface area contributed by atoms with Crippen LogP contribution in [0.5, 0.6) is 5.75 Å². The number of aryl methyl sites for hydroxylation is 2. The summed E-state index contributed by atoms with van der Waals surface area (Å²) in [7, 11) is 0. The molecular formula is C25H22N2O2S. The second-order valence-corrected chi connectivity index (χ2v) is 8.68. The minimum absolute atomic E-state index is 0.0168. The predicted octanol–water partition coefficient (Wildman–Crippen LogP) is 5.39. The molecule has 150 valence electrons. The van der Waals surface area contributed by atoms with Gasteiger partial charge >= 0.3 is 0 Å². The van der Waals surface area contributed by atoms with Gasteiger partial charge in [0.2, 0.25) is 0 Å². The lowest BCUT2D eigenvalue weighted by Crippen LogP contribution is -2.20. The first-order valence-electron chi connectivity index (χ1n) is 10.2. The molecule has 4 nitrogen and oxygen atoms in total. The van der Waals surface area contributed by atoms with Crippen LogP contribution >= 0.6 is 11.3 Å². The van der Waals surface area contributed by atoms with Crippen molar-refractivity contribution in [1.29, 1.82) is 0 Å². The molecule has 0 saturated heterocycles. The number of carbonyl (C=O) groups excluding carboxylic acids is 1. The molecule has 5 heteroatoms. The maximum absolute atomic E-state index is 12.3. The molecule has 5 rings (SSSR count). The highest BCUT2D eigenvalue weighted by Gasteiger charge is 2.13. The summed E-state index contributed by atoms with van der Waals surface area (Å²) in [5, 5.41) is 5.94. The first-order valence-corrected chi connectivity index (χ1v) is 11.0. The van der Waals surface area contributed by atoms with Crippen LogP contribution in [0, 0.1) is 0 Å². The Labute approximate surface area is 179 Å². The highest BCUT2D eigenvalue weighted by Crippen LogP contribution is 2.27. The van der Waals surface area contributed by atoms with E-state index < -0.39 is 0 Å². The number of rotatable bonds is 6. The molecule has 0 radical (unpaired) electrons. The maximum Gasteiger partial charge on any atom is 0.264 e. The Morgan fingerprint density at radius 1 is 1.03 bits per heavy atom. The molecule has 30 heavy (non-hydrogen) atoms. The van der Waals surface area contributed by atoms with E-state index in [1.54, 1.807) is 0 Å². The van der Waals surface area contributed by atoms with Gasteiger partial charge in [0.1, 0.15) is 5.75 Å². The van der Waals surface area contributed by atoms with Gasteiger partial charge in [0, 0.05) is 17.5 Å². The summed E-state index contributed by atoms with van der Waals surface area (Å²) in [6.45, 7) is -0.0168. The average Bonchev–Trinajstić information content (AvgIpc) is 3.41. The zero-order valence-electron chi connectivity index (χ0n) is 16.6. The van der Waals surface area contributed by atoms with Crippen LogP contribution in [0.25, 0.3) is 10.8 Å². The number of amides is 1. The minimum atomic E-state index is -0.193. The van der Waals surface area contributed by atoms with E-state index >= 15 is 0 Å². The number of benzene rings is 3. The first kappa shape index (κ1) is 18.8. The van der Waals surface area contributed by atoms with Crippen LogP contribution in [-0.2, 0) is 24.1 Å². The number of anilines is 1. The van der Waals surface area contributed by atoms with E-state index in [-0.39, 0.29) is 12.5 Å². The molecule has 4 aromatic rings. The van der Waals surface area contributed by atoms with Crippen LogP contribution in [0.4, 0.5) is 5.13 Å². The van der Waals surface area contributed by atoms with E-state index in [9.17, 15) is 4.79 Å². The van der Waals surface area contributed by atoms with E-state index in [0.717, 1.165) is 29.9 Å². The van der Waals surface area contributed by atoms with Crippen LogP contribution in [0.1, 0.15) is 28.0 Å². The Bertz CT molecular complexity index is 1210. The Hall–Kier alpha value is -3.18. The summed E-state index contributed by atoms with van der Waals surface area (Å²) < 4.78 is 5.68. The zero-order chi connectivity index (χ0) is 20.3. The number of fused-ring (bicyclic) bond motifs is 2. The largest absolute Gasteiger partial charge is 0.484 e. The van der Waals surface area contributed by atoms with Crippen LogP contribution in [0.15, 0.2) is 66.9 Å². The summed E-state index contributed by atoms with van der Waals surface area (Å²) in [5.41, 5.74) is 3.99. The van der Waals surface area contributed by atoms with E-state index in [0.29, 0.717) is 5.13 Å². The average molecular weight is 415 g/mol. The molecule has 0 unspecified atom stereocenters. The van der Waals surface area contributed by atoms with Crippen molar-refractivity contribution in [3.63, 3.8) is 0 Å². The third kappa shape index (κ3) is 4.07. The van der Waals surface area contributed by atoms with Gasteiger partial charge in [-0.3, -0.25) is 10.1 Å². The van der Waals surface area contributed by atoms with Crippen molar-refractivity contribution in [2.75, 3.05) is 11.9 Å². The Morgan fingerprint density at radius 2 is 1.90 bits per heavy atom.